The topological polar surface area (TPSA) is 177 Å². The van der Waals surface area contributed by atoms with Gasteiger partial charge in [0.25, 0.3) is 0 Å². The number of hydrogen-bond acceptors (Lipinski definition) is 12. The summed E-state index contributed by atoms with van der Waals surface area (Å²) < 4.78 is 34.8. The van der Waals surface area contributed by atoms with Gasteiger partial charge in [0.05, 0.1) is 38.1 Å². The van der Waals surface area contributed by atoms with Crippen LogP contribution in [0.2, 0.25) is 0 Å². The molecule has 12 nitrogen and oxygen atoms in total. The summed E-state index contributed by atoms with van der Waals surface area (Å²) in [5.41, 5.74) is 0.0642. The minimum absolute atomic E-state index is 0.0256. The Morgan fingerprint density at radius 2 is 1.51 bits per heavy atom. The van der Waals surface area contributed by atoms with Crippen LogP contribution in [-0.4, -0.2) is 132 Å². The van der Waals surface area contributed by atoms with Crippen molar-refractivity contribution >= 4 is 0 Å². The third-order valence-electron chi connectivity index (χ3n) is 15.8. The number of methoxy groups -OCH3 is 2. The highest BCUT2D eigenvalue weighted by Gasteiger charge is 2.64. The Hall–Kier alpha value is -0.480. The normalized spacial score (nSPS) is 49.7. The van der Waals surface area contributed by atoms with E-state index in [9.17, 15) is 30.6 Å². The molecule has 4 saturated carbocycles. The van der Waals surface area contributed by atoms with Crippen molar-refractivity contribution in [2.45, 2.75) is 166 Å². The van der Waals surface area contributed by atoms with E-state index in [4.69, 9.17) is 28.4 Å². The van der Waals surface area contributed by atoms with E-state index in [0.717, 1.165) is 57.8 Å². The summed E-state index contributed by atoms with van der Waals surface area (Å²) in [6, 6.07) is 0. The van der Waals surface area contributed by atoms with Gasteiger partial charge in [0.2, 0.25) is 0 Å². The molecule has 6 N–H and O–H groups in total. The summed E-state index contributed by atoms with van der Waals surface area (Å²) in [4.78, 5) is 0. The first-order chi connectivity index (χ1) is 25.2. The van der Waals surface area contributed by atoms with Gasteiger partial charge >= 0.3 is 0 Å². The molecular formula is C41H72O12. The lowest BCUT2D eigenvalue weighted by molar-refractivity contribution is -0.309. The second kappa shape index (κ2) is 17.2. The number of aliphatic hydroxyl groups excluding tert-OH is 6. The molecule has 0 aromatic carbocycles. The maximum atomic E-state index is 11.8. The number of aliphatic hydroxyl groups is 6. The molecule has 53 heavy (non-hydrogen) atoms. The maximum Gasteiger partial charge on any atom is 0.187 e. The molecule has 2 saturated heterocycles. The summed E-state index contributed by atoms with van der Waals surface area (Å²) in [7, 11) is 2.94. The van der Waals surface area contributed by atoms with Crippen molar-refractivity contribution in [3.05, 3.63) is 0 Å². The van der Waals surface area contributed by atoms with Gasteiger partial charge in [0.1, 0.15) is 36.6 Å². The van der Waals surface area contributed by atoms with E-state index in [1.165, 1.54) is 14.2 Å². The summed E-state index contributed by atoms with van der Waals surface area (Å²) >= 11 is 0. The first-order valence-electron chi connectivity index (χ1n) is 20.8. The number of fused-ring (bicyclic) bond motifs is 5. The average molecular weight is 757 g/mol. The van der Waals surface area contributed by atoms with Crippen LogP contribution >= 0.6 is 0 Å². The summed E-state index contributed by atoms with van der Waals surface area (Å²) in [5.74, 6) is 2.82. The van der Waals surface area contributed by atoms with Gasteiger partial charge in [-0.05, 0) is 116 Å². The molecule has 0 amide bonds. The average Bonchev–Trinajstić information content (AvgIpc) is 3.57. The molecule has 20 atom stereocenters. The van der Waals surface area contributed by atoms with Crippen LogP contribution in [0.1, 0.15) is 98.8 Å². The molecule has 2 aliphatic heterocycles. The van der Waals surface area contributed by atoms with Gasteiger partial charge in [-0.1, -0.05) is 41.0 Å². The first kappa shape index (κ1) is 42.1. The van der Waals surface area contributed by atoms with Crippen molar-refractivity contribution in [2.24, 2.45) is 58.2 Å². The predicted octanol–water partition coefficient (Wildman–Crippen LogP) is 3.25. The van der Waals surface area contributed by atoms with Gasteiger partial charge in [-0.15, -0.1) is 0 Å². The Balaban J connectivity index is 1.04. The Labute approximate surface area is 317 Å². The zero-order valence-electron chi connectivity index (χ0n) is 33.3. The van der Waals surface area contributed by atoms with Gasteiger partial charge in [-0.3, -0.25) is 0 Å². The summed E-state index contributed by atoms with van der Waals surface area (Å²) in [6.07, 6.45) is 0.730. The van der Waals surface area contributed by atoms with Crippen LogP contribution in [-0.2, 0) is 28.4 Å². The molecule has 308 valence electrons. The van der Waals surface area contributed by atoms with Crippen LogP contribution in [0.25, 0.3) is 0 Å². The monoisotopic (exact) mass is 757 g/mol. The fourth-order valence-electron chi connectivity index (χ4n) is 12.7. The molecule has 0 unspecified atom stereocenters. The van der Waals surface area contributed by atoms with Crippen molar-refractivity contribution in [3.63, 3.8) is 0 Å². The predicted molar refractivity (Wildman–Crippen MR) is 195 cm³/mol. The highest BCUT2D eigenvalue weighted by atomic mass is 16.8. The smallest absolute Gasteiger partial charge is 0.187 e. The van der Waals surface area contributed by atoms with Crippen molar-refractivity contribution in [1.82, 2.24) is 0 Å². The Kier molecular flexibility index (Phi) is 13.6. The molecular weight excluding hydrogens is 684 g/mol. The van der Waals surface area contributed by atoms with Gasteiger partial charge in [0.15, 0.2) is 12.6 Å². The summed E-state index contributed by atoms with van der Waals surface area (Å²) in [6.45, 7) is 11.7. The van der Waals surface area contributed by atoms with Gasteiger partial charge in [-0.25, -0.2) is 0 Å². The molecule has 12 heteroatoms. The lowest BCUT2D eigenvalue weighted by Gasteiger charge is -2.62. The number of ether oxygens (including phenoxy) is 6. The van der Waals surface area contributed by atoms with Crippen LogP contribution in [0.3, 0.4) is 0 Å². The van der Waals surface area contributed by atoms with Gasteiger partial charge in [-0.2, -0.15) is 0 Å². The highest BCUT2D eigenvalue weighted by Crippen LogP contribution is 2.68. The maximum absolute atomic E-state index is 11.8. The largest absolute Gasteiger partial charge is 0.394 e. The van der Waals surface area contributed by atoms with Crippen molar-refractivity contribution in [3.8, 4) is 0 Å². The lowest BCUT2D eigenvalue weighted by Crippen LogP contribution is -2.59. The molecule has 0 spiro atoms. The van der Waals surface area contributed by atoms with Crippen LogP contribution in [0.5, 0.6) is 0 Å². The van der Waals surface area contributed by atoms with E-state index in [0.29, 0.717) is 48.5 Å². The molecule has 0 aromatic rings. The van der Waals surface area contributed by atoms with Crippen LogP contribution in [0, 0.1) is 58.2 Å². The lowest BCUT2D eigenvalue weighted by atomic mass is 9.43. The Morgan fingerprint density at radius 1 is 0.774 bits per heavy atom. The van der Waals surface area contributed by atoms with E-state index in [2.05, 4.69) is 34.6 Å². The van der Waals surface area contributed by atoms with E-state index < -0.39 is 61.9 Å². The van der Waals surface area contributed by atoms with Crippen LogP contribution < -0.4 is 0 Å². The standard InChI is InChI=1S/C41H72O12/c1-21(2)23(12-15-50-39-37(34(46)31(19-42)52-39)53-38-36(49-7)35(47)32(48-6)20-51-38)9-8-22(3)27-18-30(45)33-25-17-29(44)28-16-24(43)10-13-40(28,4)26(25)11-14-41(27,33)5/h21-39,42-47H,8-20H2,1-7H3/t22-,23+,24+,25-,26+,27-,28-,29+,30-,31+,32-,33-,34+,35+,36-,37-,38+,39-,40-,41-/m1/s1. The van der Waals surface area contributed by atoms with E-state index >= 15 is 0 Å². The van der Waals surface area contributed by atoms with E-state index in [1.54, 1.807) is 0 Å². The third kappa shape index (κ3) is 8.02. The minimum atomic E-state index is -1.16. The molecule has 0 radical (unpaired) electrons. The minimum Gasteiger partial charge on any atom is -0.394 e. The van der Waals surface area contributed by atoms with E-state index in [1.807, 2.05) is 0 Å². The first-order valence-corrected chi connectivity index (χ1v) is 20.8. The number of hydrogen-bond donors (Lipinski definition) is 6. The molecule has 4 aliphatic carbocycles. The van der Waals surface area contributed by atoms with Crippen LogP contribution in [0.15, 0.2) is 0 Å². The van der Waals surface area contributed by atoms with Gasteiger partial charge < -0.3 is 59.1 Å². The molecule has 0 aromatic heterocycles. The Morgan fingerprint density at radius 3 is 2.19 bits per heavy atom. The molecule has 2 heterocycles. The molecule has 0 bridgehead atoms. The molecule has 6 rings (SSSR count). The fraction of sp³-hybridized carbons (Fsp3) is 1.00. The second-order valence-corrected chi connectivity index (χ2v) is 18.8. The quantitative estimate of drug-likeness (QED) is 0.153. The molecule has 6 fully saturated rings. The zero-order valence-corrected chi connectivity index (χ0v) is 33.3. The van der Waals surface area contributed by atoms with Crippen molar-refractivity contribution in [2.75, 3.05) is 34.0 Å². The Bertz CT molecular complexity index is 1180. The zero-order chi connectivity index (χ0) is 38.4. The number of rotatable bonds is 14. The second-order valence-electron chi connectivity index (χ2n) is 18.8. The highest BCUT2D eigenvalue weighted by molar-refractivity contribution is 5.13. The summed E-state index contributed by atoms with van der Waals surface area (Å²) in [5, 5.41) is 65.2. The van der Waals surface area contributed by atoms with E-state index in [-0.39, 0.29) is 41.5 Å². The van der Waals surface area contributed by atoms with Crippen molar-refractivity contribution < 1.29 is 59.1 Å². The van der Waals surface area contributed by atoms with Gasteiger partial charge in [0, 0.05) is 14.2 Å². The SMILES string of the molecule is CO[C@H]1[C@H](O[C@H]2[C@H](OCC[C@H](CC[C@@H](C)[C@H]3C[C@@H](O)[C@H]4[C@@H]5C[C@H](O)[C@H]6C[C@@H](O)CC[C@]6(C)[C@H]5CC[C@@]43C)C(C)C)O[C@@H](CO)[C@@H]2O)OC[C@@H](OC)[C@@H]1O. The fourth-order valence-corrected chi connectivity index (χ4v) is 12.7. The molecule has 6 aliphatic rings. The third-order valence-corrected chi connectivity index (χ3v) is 15.8. The van der Waals surface area contributed by atoms with Crippen LogP contribution in [0.4, 0.5) is 0 Å². The van der Waals surface area contributed by atoms with Crippen molar-refractivity contribution in [1.29, 1.82) is 0 Å².